The van der Waals surface area contributed by atoms with Crippen molar-refractivity contribution >= 4 is 23.4 Å². The summed E-state index contributed by atoms with van der Waals surface area (Å²) in [4.78, 5) is 48.9. The Kier molecular flexibility index (Phi) is 8.55. The van der Waals surface area contributed by atoms with E-state index >= 15 is 0 Å². The van der Waals surface area contributed by atoms with Crippen LogP contribution in [0.25, 0.3) is 0 Å². The first-order valence-electron chi connectivity index (χ1n) is 12.0. The predicted molar refractivity (Wildman–Crippen MR) is 138 cm³/mol. The van der Waals surface area contributed by atoms with Gasteiger partial charge in [-0.1, -0.05) is 18.2 Å². The number of hydrogen-bond acceptors (Lipinski definition) is 6. The fourth-order valence-electron chi connectivity index (χ4n) is 3.94. The number of nitrogens with zero attached hydrogens (tertiary/aromatic N) is 3. The number of hydrogen-bond donors (Lipinski definition) is 2. The van der Waals surface area contributed by atoms with Gasteiger partial charge in [0, 0.05) is 42.3 Å². The molecule has 0 spiro atoms. The Bertz CT molecular complexity index is 1380. The standard InChI is InChI=1S/C28H26FN5O4/c1-2-31-26(35)20-8-10-23(11-9-20)34(28(37)24-17-38-18-33-24)25(21-6-4-13-30-16-21)27(36)32-14-12-19-5-3-7-22(29)15-19/h3-11,13,15-18,25H,2,12,14H2,1H3,(H,31,35)(H,32,36). The molecule has 4 rings (SSSR count). The summed E-state index contributed by atoms with van der Waals surface area (Å²) < 4.78 is 18.6. The maximum atomic E-state index is 13.7. The van der Waals surface area contributed by atoms with Gasteiger partial charge >= 0.3 is 0 Å². The number of anilines is 1. The third kappa shape index (κ3) is 6.28. The molecule has 2 aromatic carbocycles. The van der Waals surface area contributed by atoms with Crippen molar-refractivity contribution in [2.75, 3.05) is 18.0 Å². The highest BCUT2D eigenvalue weighted by Crippen LogP contribution is 2.29. The molecule has 1 atom stereocenters. The largest absolute Gasteiger partial charge is 0.451 e. The van der Waals surface area contributed by atoms with E-state index in [-0.39, 0.29) is 24.0 Å². The lowest BCUT2D eigenvalue weighted by atomic mass is 10.0. The number of pyridine rings is 1. The molecule has 38 heavy (non-hydrogen) atoms. The van der Waals surface area contributed by atoms with Gasteiger partial charge in [0.15, 0.2) is 12.1 Å². The van der Waals surface area contributed by atoms with Gasteiger partial charge in [-0.25, -0.2) is 9.37 Å². The molecule has 0 aliphatic carbocycles. The molecule has 4 aromatic rings. The zero-order valence-corrected chi connectivity index (χ0v) is 20.6. The van der Waals surface area contributed by atoms with Gasteiger partial charge in [-0.3, -0.25) is 24.3 Å². The summed E-state index contributed by atoms with van der Waals surface area (Å²) >= 11 is 0. The molecule has 194 valence electrons. The van der Waals surface area contributed by atoms with E-state index in [0.717, 1.165) is 12.0 Å². The average molecular weight is 516 g/mol. The molecule has 9 nitrogen and oxygen atoms in total. The fraction of sp³-hybridized carbons (Fsp3) is 0.179. The molecule has 0 radical (unpaired) electrons. The van der Waals surface area contributed by atoms with Crippen LogP contribution >= 0.6 is 0 Å². The molecule has 2 aromatic heterocycles. The smallest absolute Gasteiger partial charge is 0.281 e. The van der Waals surface area contributed by atoms with Crippen molar-refractivity contribution in [2.45, 2.75) is 19.4 Å². The van der Waals surface area contributed by atoms with Crippen LogP contribution in [0.2, 0.25) is 0 Å². The van der Waals surface area contributed by atoms with Gasteiger partial charge in [0.25, 0.3) is 11.8 Å². The molecule has 0 bridgehead atoms. The predicted octanol–water partition coefficient (Wildman–Crippen LogP) is 3.71. The van der Waals surface area contributed by atoms with Gasteiger partial charge < -0.3 is 15.1 Å². The van der Waals surface area contributed by atoms with E-state index in [1.54, 1.807) is 54.7 Å². The maximum Gasteiger partial charge on any atom is 0.281 e. The van der Waals surface area contributed by atoms with Crippen molar-refractivity contribution in [3.8, 4) is 0 Å². The summed E-state index contributed by atoms with van der Waals surface area (Å²) in [6, 6.07) is 14.7. The number of amides is 3. The van der Waals surface area contributed by atoms with Crippen LogP contribution in [0.15, 0.2) is 90.1 Å². The summed E-state index contributed by atoms with van der Waals surface area (Å²) in [6.07, 6.45) is 5.78. The average Bonchev–Trinajstić information content (AvgIpc) is 3.47. The van der Waals surface area contributed by atoms with Crippen LogP contribution in [0, 0.1) is 5.82 Å². The van der Waals surface area contributed by atoms with E-state index in [9.17, 15) is 18.8 Å². The van der Waals surface area contributed by atoms with Gasteiger partial charge in [-0.2, -0.15) is 0 Å². The molecular formula is C28H26FN5O4. The first kappa shape index (κ1) is 26.2. The molecule has 3 amide bonds. The summed E-state index contributed by atoms with van der Waals surface area (Å²) in [5, 5.41) is 5.58. The van der Waals surface area contributed by atoms with Crippen LogP contribution in [-0.2, 0) is 11.2 Å². The first-order chi connectivity index (χ1) is 18.5. The second-order valence-corrected chi connectivity index (χ2v) is 8.32. The topological polar surface area (TPSA) is 117 Å². The van der Waals surface area contributed by atoms with Gasteiger partial charge in [0.1, 0.15) is 18.1 Å². The Morgan fingerprint density at radius 3 is 2.53 bits per heavy atom. The SMILES string of the molecule is CCNC(=O)c1ccc(N(C(=O)c2cocn2)C(C(=O)NCCc2cccc(F)c2)c2cccnc2)cc1. The highest BCUT2D eigenvalue weighted by Gasteiger charge is 2.34. The zero-order chi connectivity index (χ0) is 26.9. The van der Waals surface area contributed by atoms with Gasteiger partial charge in [0.2, 0.25) is 5.91 Å². The Hall–Kier alpha value is -4.86. The first-order valence-corrected chi connectivity index (χ1v) is 12.0. The minimum absolute atomic E-state index is 0.000691. The third-order valence-electron chi connectivity index (χ3n) is 5.72. The van der Waals surface area contributed by atoms with Gasteiger partial charge in [-0.05, 0) is 61.4 Å². The molecule has 1 unspecified atom stereocenters. The van der Waals surface area contributed by atoms with Crippen LogP contribution in [0.4, 0.5) is 10.1 Å². The molecule has 0 fully saturated rings. The van der Waals surface area contributed by atoms with Crippen LogP contribution in [0.3, 0.4) is 0 Å². The molecular weight excluding hydrogens is 489 g/mol. The van der Waals surface area contributed by atoms with Crippen LogP contribution in [0.1, 0.15) is 44.9 Å². The highest BCUT2D eigenvalue weighted by molar-refractivity contribution is 6.09. The van der Waals surface area contributed by atoms with Crippen LogP contribution in [-0.4, -0.2) is 40.8 Å². The second kappa shape index (κ2) is 12.4. The number of benzene rings is 2. The number of oxazole rings is 1. The lowest BCUT2D eigenvalue weighted by Gasteiger charge is -2.31. The summed E-state index contributed by atoms with van der Waals surface area (Å²) in [7, 11) is 0. The zero-order valence-electron chi connectivity index (χ0n) is 20.6. The number of aromatic nitrogens is 2. The van der Waals surface area contributed by atoms with Crippen LogP contribution < -0.4 is 15.5 Å². The number of rotatable bonds is 10. The van der Waals surface area contributed by atoms with E-state index in [4.69, 9.17) is 4.42 Å². The fourth-order valence-corrected chi connectivity index (χ4v) is 3.94. The van der Waals surface area contributed by atoms with E-state index in [2.05, 4.69) is 20.6 Å². The highest BCUT2D eigenvalue weighted by atomic mass is 19.1. The molecule has 10 heteroatoms. The number of carbonyl (C=O) groups excluding carboxylic acids is 3. The van der Waals surface area contributed by atoms with Crippen molar-refractivity contribution < 1.29 is 23.2 Å². The number of carbonyl (C=O) groups is 3. The number of halogens is 1. The molecule has 0 saturated carbocycles. The summed E-state index contributed by atoms with van der Waals surface area (Å²) in [6.45, 7) is 2.49. The van der Waals surface area contributed by atoms with Crippen molar-refractivity contribution in [1.29, 1.82) is 0 Å². The van der Waals surface area contributed by atoms with Crippen molar-refractivity contribution in [2.24, 2.45) is 0 Å². The van der Waals surface area contributed by atoms with Gasteiger partial charge in [-0.15, -0.1) is 0 Å². The Morgan fingerprint density at radius 1 is 1.05 bits per heavy atom. The lowest BCUT2D eigenvalue weighted by Crippen LogP contribution is -2.44. The van der Waals surface area contributed by atoms with E-state index in [1.165, 1.54) is 29.5 Å². The van der Waals surface area contributed by atoms with E-state index in [0.29, 0.717) is 29.8 Å². The van der Waals surface area contributed by atoms with Gasteiger partial charge in [0.05, 0.1) is 0 Å². The Labute approximate surface area is 218 Å². The van der Waals surface area contributed by atoms with Crippen molar-refractivity contribution in [3.05, 3.63) is 114 Å². The number of nitrogens with one attached hydrogen (secondary N) is 2. The Balaban J connectivity index is 1.68. The molecule has 2 heterocycles. The minimum Gasteiger partial charge on any atom is -0.451 e. The second-order valence-electron chi connectivity index (χ2n) is 8.32. The normalized spacial score (nSPS) is 11.4. The third-order valence-corrected chi connectivity index (χ3v) is 5.72. The molecule has 0 aliphatic heterocycles. The van der Waals surface area contributed by atoms with E-state index < -0.39 is 17.9 Å². The molecule has 2 N–H and O–H groups in total. The lowest BCUT2D eigenvalue weighted by molar-refractivity contribution is -0.122. The summed E-state index contributed by atoms with van der Waals surface area (Å²) in [5.41, 5.74) is 1.95. The summed E-state index contributed by atoms with van der Waals surface area (Å²) in [5.74, 6) is -1.67. The molecule has 0 saturated heterocycles. The van der Waals surface area contributed by atoms with Crippen molar-refractivity contribution in [3.63, 3.8) is 0 Å². The minimum atomic E-state index is -1.13. The Morgan fingerprint density at radius 2 is 1.87 bits per heavy atom. The monoisotopic (exact) mass is 515 g/mol. The van der Waals surface area contributed by atoms with E-state index in [1.807, 2.05) is 6.92 Å². The maximum absolute atomic E-state index is 13.7. The van der Waals surface area contributed by atoms with Crippen LogP contribution in [0.5, 0.6) is 0 Å². The van der Waals surface area contributed by atoms with Crippen molar-refractivity contribution in [1.82, 2.24) is 20.6 Å². The quantitative estimate of drug-likeness (QED) is 0.333. The molecule has 0 aliphatic rings.